The topological polar surface area (TPSA) is 247 Å². The lowest BCUT2D eigenvalue weighted by atomic mass is 10.0. The summed E-state index contributed by atoms with van der Waals surface area (Å²) < 4.78 is 0. The van der Waals surface area contributed by atoms with Gasteiger partial charge >= 0.3 is 11.9 Å². The van der Waals surface area contributed by atoms with Crippen molar-refractivity contribution in [3.8, 4) is 0 Å². The van der Waals surface area contributed by atoms with Crippen LogP contribution in [0.3, 0.4) is 0 Å². The number of carbonyl (C=O) groups is 6. The number of nitrogens with two attached hydrogens (primary N) is 2. The molecule has 0 bridgehead atoms. The van der Waals surface area contributed by atoms with E-state index in [9.17, 15) is 33.9 Å². The van der Waals surface area contributed by atoms with Gasteiger partial charge in [0, 0.05) is 36.4 Å². The fourth-order valence-corrected chi connectivity index (χ4v) is 3.66. The molecule has 2 aromatic rings. The number of benzene rings is 1. The van der Waals surface area contributed by atoms with Crippen LogP contribution >= 0.6 is 0 Å². The molecule has 0 spiro atoms. The van der Waals surface area contributed by atoms with Crippen LogP contribution in [0.15, 0.2) is 30.5 Å². The fraction of sp³-hybridized carbons (Fsp3) is 0.417. The van der Waals surface area contributed by atoms with Crippen molar-refractivity contribution < 1.29 is 39.0 Å². The standard InChI is InChI=1S/C24H32N6O8/c1-12(25)21(34)30-18(10-13-11-27-15-5-3-2-4-14(13)15)23(36)28-16(6-8-19(26)31)22(35)29-17(24(37)38)7-9-20(32)33/h2-5,11-12,16-18,27H,6-10,25H2,1H3,(H2,26,31)(H,28,36)(H,29,35)(H,30,34)(H,32,33)(H,37,38). The summed E-state index contributed by atoms with van der Waals surface area (Å²) in [7, 11) is 0. The fourth-order valence-electron chi connectivity index (χ4n) is 3.66. The lowest BCUT2D eigenvalue weighted by Crippen LogP contribution is -2.57. The summed E-state index contributed by atoms with van der Waals surface area (Å²) in [6.07, 6.45) is 0.199. The molecule has 0 aliphatic carbocycles. The minimum Gasteiger partial charge on any atom is -0.481 e. The Labute approximate surface area is 217 Å². The molecule has 0 fully saturated rings. The summed E-state index contributed by atoms with van der Waals surface area (Å²) in [5.41, 5.74) is 12.3. The van der Waals surface area contributed by atoms with Crippen molar-refractivity contribution in [1.82, 2.24) is 20.9 Å². The van der Waals surface area contributed by atoms with Crippen LogP contribution in [0.5, 0.6) is 0 Å². The molecule has 14 nitrogen and oxygen atoms in total. The number of nitrogens with one attached hydrogen (secondary N) is 4. The first-order chi connectivity index (χ1) is 17.9. The van der Waals surface area contributed by atoms with E-state index in [1.54, 1.807) is 6.20 Å². The highest BCUT2D eigenvalue weighted by atomic mass is 16.4. The van der Waals surface area contributed by atoms with Crippen LogP contribution < -0.4 is 27.4 Å². The number of carboxylic acids is 2. The first kappa shape index (κ1) is 29.8. The molecule has 0 saturated carbocycles. The Morgan fingerprint density at radius 1 is 0.868 bits per heavy atom. The number of carboxylic acid groups (broad SMARTS) is 2. The van der Waals surface area contributed by atoms with Gasteiger partial charge in [-0.2, -0.15) is 0 Å². The van der Waals surface area contributed by atoms with Crippen LogP contribution in [-0.4, -0.2) is 74.9 Å². The number of hydrogen-bond donors (Lipinski definition) is 8. The predicted octanol–water partition coefficient (Wildman–Crippen LogP) is -1.27. The van der Waals surface area contributed by atoms with Gasteiger partial charge in [-0.25, -0.2) is 4.79 Å². The van der Waals surface area contributed by atoms with Gasteiger partial charge in [0.15, 0.2) is 0 Å². The molecule has 0 radical (unpaired) electrons. The molecule has 1 aromatic carbocycles. The van der Waals surface area contributed by atoms with Crippen LogP contribution in [0.25, 0.3) is 10.9 Å². The smallest absolute Gasteiger partial charge is 0.326 e. The van der Waals surface area contributed by atoms with E-state index < -0.39 is 72.6 Å². The van der Waals surface area contributed by atoms with Gasteiger partial charge in [-0.15, -0.1) is 0 Å². The van der Waals surface area contributed by atoms with Gasteiger partial charge in [0.1, 0.15) is 18.1 Å². The Hall–Kier alpha value is -4.46. The molecular weight excluding hydrogens is 500 g/mol. The number of aromatic nitrogens is 1. The summed E-state index contributed by atoms with van der Waals surface area (Å²) in [5.74, 6) is -5.86. The van der Waals surface area contributed by atoms with Crippen LogP contribution in [0, 0.1) is 0 Å². The predicted molar refractivity (Wildman–Crippen MR) is 134 cm³/mol. The van der Waals surface area contributed by atoms with E-state index in [2.05, 4.69) is 20.9 Å². The molecule has 0 saturated heterocycles. The van der Waals surface area contributed by atoms with E-state index in [0.29, 0.717) is 5.56 Å². The molecule has 14 heteroatoms. The van der Waals surface area contributed by atoms with Gasteiger partial charge in [0.25, 0.3) is 0 Å². The Bertz CT molecular complexity index is 1190. The number of para-hydroxylation sites is 1. The number of rotatable bonds is 15. The molecule has 4 unspecified atom stereocenters. The van der Waals surface area contributed by atoms with Gasteiger partial charge in [-0.3, -0.25) is 24.0 Å². The maximum Gasteiger partial charge on any atom is 0.326 e. The molecule has 10 N–H and O–H groups in total. The van der Waals surface area contributed by atoms with Crippen LogP contribution in [0.1, 0.15) is 38.2 Å². The van der Waals surface area contributed by atoms with Gasteiger partial charge < -0.3 is 42.6 Å². The van der Waals surface area contributed by atoms with E-state index >= 15 is 0 Å². The highest BCUT2D eigenvalue weighted by Crippen LogP contribution is 2.19. The molecule has 4 atom stereocenters. The molecule has 2 rings (SSSR count). The molecule has 206 valence electrons. The highest BCUT2D eigenvalue weighted by molar-refractivity contribution is 5.95. The van der Waals surface area contributed by atoms with Crippen molar-refractivity contribution in [1.29, 1.82) is 0 Å². The monoisotopic (exact) mass is 532 g/mol. The van der Waals surface area contributed by atoms with Gasteiger partial charge in [0.2, 0.25) is 23.6 Å². The lowest BCUT2D eigenvalue weighted by molar-refractivity contribution is -0.143. The third-order valence-electron chi connectivity index (χ3n) is 5.72. The minimum atomic E-state index is -1.55. The number of amides is 4. The molecule has 0 aliphatic rings. The van der Waals surface area contributed by atoms with E-state index in [1.165, 1.54) is 6.92 Å². The molecule has 0 aliphatic heterocycles. The summed E-state index contributed by atoms with van der Waals surface area (Å²) in [6, 6.07) is 2.23. The number of carbonyl (C=O) groups excluding carboxylic acids is 4. The number of H-pyrrole nitrogens is 1. The van der Waals surface area contributed by atoms with Crippen molar-refractivity contribution in [2.45, 2.75) is 63.2 Å². The highest BCUT2D eigenvalue weighted by Gasteiger charge is 2.31. The van der Waals surface area contributed by atoms with Crippen molar-refractivity contribution in [2.24, 2.45) is 11.5 Å². The SMILES string of the molecule is CC(N)C(=O)NC(Cc1c[nH]c2ccccc12)C(=O)NC(CCC(N)=O)C(=O)NC(CCC(=O)O)C(=O)O. The largest absolute Gasteiger partial charge is 0.481 e. The molecule has 1 aromatic heterocycles. The van der Waals surface area contributed by atoms with Gasteiger partial charge in [-0.05, 0) is 31.4 Å². The number of fused-ring (bicyclic) bond motifs is 1. The zero-order chi connectivity index (χ0) is 28.4. The van der Waals surface area contributed by atoms with Crippen molar-refractivity contribution in [3.05, 3.63) is 36.0 Å². The third-order valence-corrected chi connectivity index (χ3v) is 5.72. The Morgan fingerprint density at radius 3 is 2.05 bits per heavy atom. The molecule has 4 amide bonds. The second-order valence-corrected chi connectivity index (χ2v) is 8.81. The lowest BCUT2D eigenvalue weighted by Gasteiger charge is -2.24. The summed E-state index contributed by atoms with van der Waals surface area (Å²) in [6.45, 7) is 1.43. The zero-order valence-corrected chi connectivity index (χ0v) is 20.7. The quantitative estimate of drug-likeness (QED) is 0.136. The van der Waals surface area contributed by atoms with E-state index in [1.807, 2.05) is 24.3 Å². The van der Waals surface area contributed by atoms with Gasteiger partial charge in [-0.1, -0.05) is 18.2 Å². The average Bonchev–Trinajstić information content (AvgIpc) is 3.25. The number of aliphatic carboxylic acids is 2. The maximum absolute atomic E-state index is 13.3. The zero-order valence-electron chi connectivity index (χ0n) is 20.7. The van der Waals surface area contributed by atoms with Crippen molar-refractivity contribution in [3.63, 3.8) is 0 Å². The first-order valence-corrected chi connectivity index (χ1v) is 11.8. The third kappa shape index (κ3) is 8.89. The normalized spacial score (nSPS) is 14.1. The second-order valence-electron chi connectivity index (χ2n) is 8.81. The average molecular weight is 533 g/mol. The molecule has 38 heavy (non-hydrogen) atoms. The van der Waals surface area contributed by atoms with Crippen LogP contribution in [0.4, 0.5) is 0 Å². The summed E-state index contributed by atoms with van der Waals surface area (Å²) >= 11 is 0. The maximum atomic E-state index is 13.3. The number of aromatic amines is 1. The number of hydrogen-bond acceptors (Lipinski definition) is 7. The van der Waals surface area contributed by atoms with Gasteiger partial charge in [0.05, 0.1) is 6.04 Å². The molecule has 1 heterocycles. The van der Waals surface area contributed by atoms with Crippen molar-refractivity contribution in [2.75, 3.05) is 0 Å². The van der Waals surface area contributed by atoms with E-state index in [-0.39, 0.29) is 19.3 Å². The Balaban J connectivity index is 2.27. The number of primary amides is 1. The Morgan fingerprint density at radius 2 is 1.45 bits per heavy atom. The first-order valence-electron chi connectivity index (χ1n) is 11.8. The van der Waals surface area contributed by atoms with Crippen molar-refractivity contribution >= 4 is 46.5 Å². The second kappa shape index (κ2) is 13.7. The van der Waals surface area contributed by atoms with E-state index in [0.717, 1.165) is 10.9 Å². The Kier molecular flexibility index (Phi) is 10.8. The summed E-state index contributed by atoms with van der Waals surface area (Å²) in [4.78, 5) is 75.3. The van der Waals surface area contributed by atoms with Crippen LogP contribution in [0.2, 0.25) is 0 Å². The van der Waals surface area contributed by atoms with E-state index in [4.69, 9.17) is 16.6 Å². The van der Waals surface area contributed by atoms with Crippen LogP contribution in [-0.2, 0) is 35.2 Å². The minimum absolute atomic E-state index is 0.0226. The summed E-state index contributed by atoms with van der Waals surface area (Å²) in [5, 5.41) is 26.2. The molecular formula is C24H32N6O8.